The first-order valence-electron chi connectivity index (χ1n) is 4.87. The molecule has 10 nitrogen and oxygen atoms in total. The van der Waals surface area contributed by atoms with Crippen LogP contribution in [0.5, 0.6) is 0 Å². The Morgan fingerprint density at radius 2 is 0.842 bits per heavy atom. The molecular weight excluding hydrogens is 266 g/mol. The van der Waals surface area contributed by atoms with E-state index in [0.29, 0.717) is 20.8 Å². The van der Waals surface area contributed by atoms with Crippen LogP contribution in [0.3, 0.4) is 0 Å². The van der Waals surface area contributed by atoms with Crippen LogP contribution < -0.4 is 0 Å². The van der Waals surface area contributed by atoms with Crippen molar-refractivity contribution in [1.82, 2.24) is 4.90 Å². The smallest absolute Gasteiger partial charge is 0.351 e. The molecule has 19 heavy (non-hydrogen) atoms. The van der Waals surface area contributed by atoms with Crippen molar-refractivity contribution < 1.29 is 45.0 Å². The van der Waals surface area contributed by atoms with Crippen molar-refractivity contribution in [2.24, 2.45) is 0 Å². The zero-order chi connectivity index (χ0) is 15.8. The highest BCUT2D eigenvalue weighted by atomic mass is 16.5. The van der Waals surface area contributed by atoms with Gasteiger partial charge in [-0.1, -0.05) is 0 Å². The van der Waals surface area contributed by atoms with Crippen LogP contribution in [-0.4, -0.2) is 70.6 Å². The molecule has 0 radical (unpaired) electrons. The number of hydrogen-bond donors (Lipinski definition) is 6. The van der Waals surface area contributed by atoms with E-state index >= 15 is 0 Å². The summed E-state index contributed by atoms with van der Waals surface area (Å²) in [5.41, 5.74) is -9.49. The maximum absolute atomic E-state index is 10.9. The van der Waals surface area contributed by atoms with Gasteiger partial charge in [-0.2, -0.15) is 4.90 Å². The Kier molecular flexibility index (Phi) is 4.30. The maximum Gasteiger partial charge on any atom is 0.351 e. The van der Waals surface area contributed by atoms with Crippen LogP contribution in [0.15, 0.2) is 0 Å². The van der Waals surface area contributed by atoms with Gasteiger partial charge in [0, 0.05) is 0 Å². The van der Waals surface area contributed by atoms with Gasteiger partial charge in [0.25, 0.3) is 0 Å². The molecule has 0 aliphatic heterocycles. The molecular formula is C9H15NO9. The van der Waals surface area contributed by atoms with E-state index in [4.69, 9.17) is 15.3 Å². The molecule has 0 saturated carbocycles. The molecule has 0 saturated heterocycles. The van der Waals surface area contributed by atoms with E-state index in [0.717, 1.165) is 0 Å². The first kappa shape index (κ1) is 17.2. The van der Waals surface area contributed by atoms with Crippen LogP contribution in [0.2, 0.25) is 0 Å². The van der Waals surface area contributed by atoms with E-state index in [1.54, 1.807) is 0 Å². The molecule has 0 fully saturated rings. The summed E-state index contributed by atoms with van der Waals surface area (Å²) < 4.78 is 0. The Labute approximate surface area is 107 Å². The Hall–Kier alpha value is -1.75. The van der Waals surface area contributed by atoms with Gasteiger partial charge in [0.2, 0.25) is 17.2 Å². The van der Waals surface area contributed by atoms with Gasteiger partial charge in [0.05, 0.1) is 0 Å². The molecule has 0 bridgehead atoms. The summed E-state index contributed by atoms with van der Waals surface area (Å²) in [6.07, 6.45) is 0. The summed E-state index contributed by atoms with van der Waals surface area (Å²) in [5, 5.41) is 55.5. The van der Waals surface area contributed by atoms with E-state index in [1.165, 1.54) is 0 Å². The van der Waals surface area contributed by atoms with Crippen molar-refractivity contribution >= 4 is 17.9 Å². The number of aliphatic carboxylic acids is 3. The fraction of sp³-hybridized carbons (Fsp3) is 0.667. The van der Waals surface area contributed by atoms with Gasteiger partial charge < -0.3 is 30.6 Å². The zero-order valence-electron chi connectivity index (χ0n) is 10.4. The largest absolute Gasteiger partial charge is 0.478 e. The van der Waals surface area contributed by atoms with E-state index in [9.17, 15) is 29.7 Å². The molecule has 0 rings (SSSR count). The van der Waals surface area contributed by atoms with Gasteiger partial charge >= 0.3 is 17.9 Å². The van der Waals surface area contributed by atoms with Crippen molar-refractivity contribution in [2.45, 2.75) is 37.9 Å². The van der Waals surface area contributed by atoms with Gasteiger partial charge in [0.15, 0.2) is 0 Å². The Morgan fingerprint density at radius 1 is 0.684 bits per heavy atom. The first-order chi connectivity index (χ1) is 8.20. The van der Waals surface area contributed by atoms with Crippen molar-refractivity contribution in [3.05, 3.63) is 0 Å². The summed E-state index contributed by atoms with van der Waals surface area (Å²) >= 11 is 0. The molecule has 3 unspecified atom stereocenters. The molecule has 0 aromatic heterocycles. The highest BCUT2D eigenvalue weighted by molar-refractivity contribution is 5.84. The van der Waals surface area contributed by atoms with Crippen LogP contribution in [0, 0.1) is 0 Å². The Morgan fingerprint density at radius 3 is 0.947 bits per heavy atom. The number of nitrogens with zero attached hydrogens (tertiary/aromatic N) is 1. The molecule has 0 aliphatic carbocycles. The third-order valence-corrected chi connectivity index (χ3v) is 2.52. The second kappa shape index (κ2) is 4.74. The minimum atomic E-state index is -3.16. The standard InChI is InChI=1S/C9H15NO9/c1-7(17,4(11)12)10(8(2,18)5(13)14)9(3,19)6(15)16/h17-19H,1-3H3,(H,11,12)(H,13,14)(H,15,16). The van der Waals surface area contributed by atoms with E-state index < -0.39 is 35.1 Å². The molecule has 0 aromatic rings. The molecule has 110 valence electrons. The van der Waals surface area contributed by atoms with Crippen LogP contribution in [0.25, 0.3) is 0 Å². The highest BCUT2D eigenvalue weighted by Crippen LogP contribution is 2.31. The molecule has 0 aromatic carbocycles. The fourth-order valence-electron chi connectivity index (χ4n) is 1.56. The van der Waals surface area contributed by atoms with Crippen molar-refractivity contribution in [2.75, 3.05) is 0 Å². The second-order valence-electron chi connectivity index (χ2n) is 4.31. The quantitative estimate of drug-likeness (QED) is 0.289. The second-order valence-corrected chi connectivity index (χ2v) is 4.31. The Balaban J connectivity index is 6.16. The van der Waals surface area contributed by atoms with Crippen LogP contribution >= 0.6 is 0 Å². The van der Waals surface area contributed by atoms with E-state index in [2.05, 4.69) is 0 Å². The summed E-state index contributed by atoms with van der Waals surface area (Å²) in [6, 6.07) is 0. The topological polar surface area (TPSA) is 176 Å². The van der Waals surface area contributed by atoms with Gasteiger partial charge in [-0.3, -0.25) is 0 Å². The van der Waals surface area contributed by atoms with Gasteiger partial charge in [-0.15, -0.1) is 0 Å². The minimum absolute atomic E-state index is 0.347. The van der Waals surface area contributed by atoms with Crippen molar-refractivity contribution in [1.29, 1.82) is 0 Å². The zero-order valence-corrected chi connectivity index (χ0v) is 10.4. The molecule has 0 aliphatic rings. The number of hydrogen-bond acceptors (Lipinski definition) is 7. The lowest BCUT2D eigenvalue weighted by atomic mass is 10.0. The lowest BCUT2D eigenvalue weighted by Gasteiger charge is -2.46. The predicted octanol–water partition coefficient (Wildman–Crippen LogP) is -2.33. The van der Waals surface area contributed by atoms with Gasteiger partial charge in [0.1, 0.15) is 0 Å². The summed E-state index contributed by atoms with van der Waals surface area (Å²) in [4.78, 5) is 32.4. The van der Waals surface area contributed by atoms with E-state index in [1.807, 2.05) is 0 Å². The fourth-order valence-corrected chi connectivity index (χ4v) is 1.56. The Bertz CT molecular complexity index is 350. The molecule has 6 N–H and O–H groups in total. The number of aliphatic hydroxyl groups is 3. The molecule has 0 heterocycles. The first-order valence-corrected chi connectivity index (χ1v) is 4.87. The third kappa shape index (κ3) is 2.81. The van der Waals surface area contributed by atoms with Gasteiger partial charge in [-0.05, 0) is 20.8 Å². The molecule has 10 heteroatoms. The maximum atomic E-state index is 10.9. The number of carboxylic acids is 3. The number of carbonyl (C=O) groups is 3. The third-order valence-electron chi connectivity index (χ3n) is 2.52. The van der Waals surface area contributed by atoms with Crippen LogP contribution in [0.1, 0.15) is 20.8 Å². The van der Waals surface area contributed by atoms with Crippen LogP contribution in [0.4, 0.5) is 0 Å². The summed E-state index contributed by atoms with van der Waals surface area (Å²) in [6.45, 7) is 1.55. The normalized spacial score (nSPS) is 21.0. The highest BCUT2D eigenvalue weighted by Gasteiger charge is 2.60. The van der Waals surface area contributed by atoms with Crippen molar-refractivity contribution in [3.8, 4) is 0 Å². The van der Waals surface area contributed by atoms with Crippen molar-refractivity contribution in [3.63, 3.8) is 0 Å². The molecule has 0 spiro atoms. The summed E-state index contributed by atoms with van der Waals surface area (Å²) in [7, 11) is 0. The number of rotatable bonds is 6. The lowest BCUT2D eigenvalue weighted by Crippen LogP contribution is -2.74. The average Bonchev–Trinajstić information content (AvgIpc) is 2.14. The number of carboxylic acid groups (broad SMARTS) is 3. The minimum Gasteiger partial charge on any atom is -0.478 e. The summed E-state index contributed by atoms with van der Waals surface area (Å²) in [5.74, 6) is -6.18. The SMILES string of the molecule is CC(O)(C(=O)O)N(C(C)(O)C(=O)O)C(C)(O)C(=O)O. The average molecular weight is 281 g/mol. The molecule has 3 atom stereocenters. The monoisotopic (exact) mass is 281 g/mol. The van der Waals surface area contributed by atoms with Gasteiger partial charge in [-0.25, -0.2) is 14.4 Å². The van der Waals surface area contributed by atoms with E-state index in [-0.39, 0.29) is 4.90 Å². The lowest BCUT2D eigenvalue weighted by molar-refractivity contribution is -0.294. The predicted molar refractivity (Wildman–Crippen MR) is 56.6 cm³/mol. The van der Waals surface area contributed by atoms with Crippen LogP contribution in [-0.2, 0) is 14.4 Å². The molecule has 0 amide bonds.